The molecule has 1 aliphatic rings. The van der Waals surface area contributed by atoms with Gasteiger partial charge in [0.25, 0.3) is 5.91 Å². The van der Waals surface area contributed by atoms with Gasteiger partial charge in [-0.1, -0.05) is 17.7 Å². The SMILES string of the molecule is Cc1cc(C)c(NC(=O)CN(C)C(=O)c2ccc3c(c2)C[C@@H](C)N3S(C)(=O)=O)c(C)c1. The number of sulfonamides is 1. The molecule has 0 aromatic heterocycles. The Morgan fingerprint density at radius 1 is 1.13 bits per heavy atom. The summed E-state index contributed by atoms with van der Waals surface area (Å²) in [5.74, 6) is -0.565. The molecule has 8 heteroatoms. The van der Waals surface area contributed by atoms with Gasteiger partial charge in [0.15, 0.2) is 0 Å². The summed E-state index contributed by atoms with van der Waals surface area (Å²) in [6.45, 7) is 7.64. The predicted octanol–water partition coefficient (Wildman–Crippen LogP) is 3.03. The first kappa shape index (κ1) is 22.8. The normalized spacial score (nSPS) is 15.5. The van der Waals surface area contributed by atoms with Crippen LogP contribution in [0, 0.1) is 20.8 Å². The van der Waals surface area contributed by atoms with Crippen LogP contribution in [0.3, 0.4) is 0 Å². The molecule has 0 saturated heterocycles. The Balaban J connectivity index is 1.73. The summed E-state index contributed by atoms with van der Waals surface area (Å²) in [7, 11) is -1.81. The highest BCUT2D eigenvalue weighted by Crippen LogP contribution is 2.34. The van der Waals surface area contributed by atoms with Gasteiger partial charge in [0.2, 0.25) is 15.9 Å². The predicted molar refractivity (Wildman–Crippen MR) is 123 cm³/mol. The molecule has 3 rings (SSSR count). The lowest BCUT2D eigenvalue weighted by molar-refractivity contribution is -0.116. The fourth-order valence-electron chi connectivity index (χ4n) is 4.30. The molecule has 0 fully saturated rings. The van der Waals surface area contributed by atoms with Gasteiger partial charge in [0.1, 0.15) is 0 Å². The van der Waals surface area contributed by atoms with E-state index in [1.807, 2.05) is 39.8 Å². The lowest BCUT2D eigenvalue weighted by atomic mass is 10.0. The van der Waals surface area contributed by atoms with E-state index in [9.17, 15) is 18.0 Å². The number of anilines is 2. The smallest absolute Gasteiger partial charge is 0.254 e. The summed E-state index contributed by atoms with van der Waals surface area (Å²) in [5.41, 5.74) is 5.69. The van der Waals surface area contributed by atoms with Gasteiger partial charge in [-0.05, 0) is 69.0 Å². The molecule has 166 valence electrons. The number of carbonyl (C=O) groups is 2. The molecule has 2 aromatic carbocycles. The van der Waals surface area contributed by atoms with E-state index >= 15 is 0 Å². The summed E-state index contributed by atoms with van der Waals surface area (Å²) in [6.07, 6.45) is 1.72. The number of hydrogen-bond acceptors (Lipinski definition) is 4. The van der Waals surface area contributed by atoms with E-state index in [1.165, 1.54) is 15.5 Å². The van der Waals surface area contributed by atoms with Crippen molar-refractivity contribution in [2.24, 2.45) is 0 Å². The molecule has 0 spiro atoms. The van der Waals surface area contributed by atoms with Crippen LogP contribution in [-0.2, 0) is 21.2 Å². The molecule has 1 N–H and O–H groups in total. The highest BCUT2D eigenvalue weighted by Gasteiger charge is 2.33. The van der Waals surface area contributed by atoms with Crippen LogP contribution in [0.5, 0.6) is 0 Å². The summed E-state index contributed by atoms with van der Waals surface area (Å²) < 4.78 is 25.5. The fourth-order valence-corrected chi connectivity index (χ4v) is 5.57. The van der Waals surface area contributed by atoms with Crippen LogP contribution in [0.25, 0.3) is 0 Å². The molecule has 2 amide bonds. The van der Waals surface area contributed by atoms with Crippen LogP contribution in [0.15, 0.2) is 30.3 Å². The van der Waals surface area contributed by atoms with Crippen molar-refractivity contribution in [1.82, 2.24) is 4.90 Å². The van der Waals surface area contributed by atoms with Crippen molar-refractivity contribution >= 4 is 33.2 Å². The van der Waals surface area contributed by atoms with Crippen LogP contribution in [-0.4, -0.2) is 51.0 Å². The minimum atomic E-state index is -3.39. The number of rotatable bonds is 5. The van der Waals surface area contributed by atoms with E-state index in [1.54, 1.807) is 25.2 Å². The van der Waals surface area contributed by atoms with Gasteiger partial charge >= 0.3 is 0 Å². The van der Waals surface area contributed by atoms with E-state index in [-0.39, 0.29) is 24.4 Å². The molecule has 1 heterocycles. The Morgan fingerprint density at radius 2 is 1.74 bits per heavy atom. The summed E-state index contributed by atoms with van der Waals surface area (Å²) in [4.78, 5) is 26.8. The van der Waals surface area contributed by atoms with Crippen LogP contribution >= 0.6 is 0 Å². The molecule has 0 unspecified atom stereocenters. The largest absolute Gasteiger partial charge is 0.332 e. The zero-order valence-electron chi connectivity index (χ0n) is 18.8. The Bertz CT molecular complexity index is 1130. The molecule has 0 aliphatic carbocycles. The number of carbonyl (C=O) groups excluding carboxylic acids is 2. The third-order valence-corrected chi connectivity index (χ3v) is 6.78. The van der Waals surface area contributed by atoms with Crippen molar-refractivity contribution in [3.8, 4) is 0 Å². The molecule has 1 aliphatic heterocycles. The van der Waals surface area contributed by atoms with Gasteiger partial charge in [-0.3, -0.25) is 13.9 Å². The van der Waals surface area contributed by atoms with Gasteiger partial charge in [0.05, 0.1) is 18.5 Å². The van der Waals surface area contributed by atoms with Crippen molar-refractivity contribution in [3.63, 3.8) is 0 Å². The Morgan fingerprint density at radius 3 is 2.32 bits per heavy atom. The molecular weight excluding hydrogens is 414 g/mol. The van der Waals surface area contributed by atoms with Crippen molar-refractivity contribution in [3.05, 3.63) is 58.1 Å². The third-order valence-electron chi connectivity index (χ3n) is 5.51. The zero-order valence-corrected chi connectivity index (χ0v) is 19.6. The standard InChI is InChI=1S/C23H29N3O4S/c1-14-9-15(2)22(16(3)10-14)24-21(27)13-25(5)23(28)18-7-8-20-19(12-18)11-17(4)26(20)31(6,29)30/h7-10,12,17H,11,13H2,1-6H3,(H,24,27)/t17-/m1/s1. The second-order valence-electron chi connectivity index (χ2n) is 8.44. The first-order valence-corrected chi connectivity index (χ1v) is 12.0. The maximum Gasteiger partial charge on any atom is 0.254 e. The second kappa shape index (κ2) is 8.34. The van der Waals surface area contributed by atoms with Crippen molar-refractivity contribution in [2.75, 3.05) is 29.5 Å². The number of hydrogen-bond donors (Lipinski definition) is 1. The number of amides is 2. The summed E-state index contributed by atoms with van der Waals surface area (Å²) in [5, 5.41) is 2.91. The Labute approximate surface area is 184 Å². The van der Waals surface area contributed by atoms with Gasteiger partial charge in [-0.15, -0.1) is 0 Å². The molecule has 1 atom stereocenters. The molecule has 7 nitrogen and oxygen atoms in total. The Hall–Kier alpha value is -2.87. The molecule has 31 heavy (non-hydrogen) atoms. The lowest BCUT2D eigenvalue weighted by Gasteiger charge is -2.22. The fraction of sp³-hybridized carbons (Fsp3) is 0.391. The highest BCUT2D eigenvalue weighted by atomic mass is 32.2. The van der Waals surface area contributed by atoms with Gasteiger partial charge in [0, 0.05) is 24.3 Å². The lowest BCUT2D eigenvalue weighted by Crippen LogP contribution is -2.35. The average Bonchev–Trinajstić information content (AvgIpc) is 2.98. The van der Waals surface area contributed by atoms with Gasteiger partial charge in [-0.2, -0.15) is 0 Å². The number of fused-ring (bicyclic) bond motifs is 1. The number of nitrogens with one attached hydrogen (secondary N) is 1. The van der Waals surface area contributed by atoms with Crippen LogP contribution in [0.2, 0.25) is 0 Å². The number of aryl methyl sites for hydroxylation is 3. The number of benzene rings is 2. The monoisotopic (exact) mass is 443 g/mol. The van der Waals surface area contributed by atoms with E-state index in [2.05, 4.69) is 5.32 Å². The van der Waals surface area contributed by atoms with Gasteiger partial charge < -0.3 is 10.2 Å². The molecule has 2 aromatic rings. The quantitative estimate of drug-likeness (QED) is 0.770. The molecule has 0 bridgehead atoms. The Kier molecular flexibility index (Phi) is 6.14. The van der Waals surface area contributed by atoms with E-state index in [0.717, 1.165) is 27.9 Å². The number of likely N-dealkylation sites (N-methyl/N-ethyl adjacent to an activating group) is 1. The maximum absolute atomic E-state index is 12.9. The van der Waals surface area contributed by atoms with Crippen LogP contribution in [0.1, 0.15) is 39.5 Å². The van der Waals surface area contributed by atoms with Crippen LogP contribution in [0.4, 0.5) is 11.4 Å². The average molecular weight is 444 g/mol. The molecular formula is C23H29N3O4S. The van der Waals surface area contributed by atoms with E-state index < -0.39 is 10.0 Å². The first-order chi connectivity index (χ1) is 14.4. The minimum Gasteiger partial charge on any atom is -0.332 e. The second-order valence-corrected chi connectivity index (χ2v) is 10.3. The number of nitrogens with zero attached hydrogens (tertiary/aromatic N) is 2. The topological polar surface area (TPSA) is 86.8 Å². The van der Waals surface area contributed by atoms with Crippen molar-refractivity contribution < 1.29 is 18.0 Å². The van der Waals surface area contributed by atoms with Crippen LogP contribution < -0.4 is 9.62 Å². The third kappa shape index (κ3) is 4.74. The maximum atomic E-state index is 12.9. The molecule has 0 saturated carbocycles. The van der Waals surface area contributed by atoms with E-state index in [0.29, 0.717) is 17.7 Å². The first-order valence-electron chi connectivity index (χ1n) is 10.1. The zero-order chi connectivity index (χ0) is 23.1. The van der Waals surface area contributed by atoms with Crippen molar-refractivity contribution in [1.29, 1.82) is 0 Å². The van der Waals surface area contributed by atoms with Crippen molar-refractivity contribution in [2.45, 2.75) is 40.2 Å². The summed E-state index contributed by atoms with van der Waals surface area (Å²) >= 11 is 0. The molecule has 0 radical (unpaired) electrons. The highest BCUT2D eigenvalue weighted by molar-refractivity contribution is 7.92. The van der Waals surface area contributed by atoms with E-state index in [4.69, 9.17) is 0 Å². The minimum absolute atomic E-state index is 0.0887. The van der Waals surface area contributed by atoms with Gasteiger partial charge in [-0.25, -0.2) is 8.42 Å². The summed E-state index contributed by atoms with van der Waals surface area (Å²) in [6, 6.07) is 8.81.